The van der Waals surface area contributed by atoms with Gasteiger partial charge in [0.05, 0.1) is 12.2 Å². The number of aromatic nitrogens is 2. The summed E-state index contributed by atoms with van der Waals surface area (Å²) in [5.74, 6) is 0.551. The Hall–Kier alpha value is -1.56. The predicted molar refractivity (Wildman–Crippen MR) is 98.7 cm³/mol. The molecule has 1 amide bonds. The number of hydrogen-bond acceptors (Lipinski definition) is 3. The third kappa shape index (κ3) is 4.50. The van der Waals surface area contributed by atoms with E-state index in [1.807, 2.05) is 33.8 Å². The number of rotatable bonds is 6. The van der Waals surface area contributed by atoms with Gasteiger partial charge in [0.2, 0.25) is 5.91 Å². The number of benzene rings is 1. The Labute approximate surface area is 152 Å². The fraction of sp³-hybridized carbons (Fsp3) is 0.412. The van der Waals surface area contributed by atoms with E-state index in [1.54, 1.807) is 29.1 Å². The molecule has 2 N–H and O–H groups in total. The van der Waals surface area contributed by atoms with Crippen LogP contribution in [-0.2, 0) is 4.79 Å². The number of hydrogen-bond donors (Lipinski definition) is 2. The van der Waals surface area contributed by atoms with E-state index in [1.165, 1.54) is 0 Å². The SMILES string of the molecule is CC(C)n1nccc1NC(=O)[C@@H](C)N[C@H](C)c1ccc(Cl)cc1Cl. The molecule has 24 heavy (non-hydrogen) atoms. The lowest BCUT2D eigenvalue weighted by Gasteiger charge is -2.21. The Bertz CT molecular complexity index is 714. The average molecular weight is 369 g/mol. The van der Waals surface area contributed by atoms with E-state index in [2.05, 4.69) is 15.7 Å². The Morgan fingerprint density at radius 2 is 1.88 bits per heavy atom. The predicted octanol–water partition coefficient (Wildman–Crippen LogP) is 4.45. The van der Waals surface area contributed by atoms with Crippen LogP contribution in [0.2, 0.25) is 10.0 Å². The number of amides is 1. The zero-order chi connectivity index (χ0) is 17.9. The fourth-order valence-electron chi connectivity index (χ4n) is 2.45. The minimum atomic E-state index is -0.401. The molecule has 7 heteroatoms. The van der Waals surface area contributed by atoms with E-state index < -0.39 is 6.04 Å². The minimum Gasteiger partial charge on any atom is -0.310 e. The number of nitrogens with zero attached hydrogens (tertiary/aromatic N) is 2. The molecule has 0 saturated heterocycles. The molecule has 2 rings (SSSR count). The zero-order valence-electron chi connectivity index (χ0n) is 14.2. The summed E-state index contributed by atoms with van der Waals surface area (Å²) in [6.07, 6.45) is 1.67. The maximum Gasteiger partial charge on any atom is 0.242 e. The van der Waals surface area contributed by atoms with Gasteiger partial charge in [-0.15, -0.1) is 0 Å². The Kier molecular flexibility index (Phi) is 6.27. The molecule has 0 aliphatic rings. The first kappa shape index (κ1) is 18.8. The van der Waals surface area contributed by atoms with Crippen molar-refractivity contribution in [2.45, 2.75) is 45.8 Å². The van der Waals surface area contributed by atoms with Gasteiger partial charge in [-0.1, -0.05) is 29.3 Å². The summed E-state index contributed by atoms with van der Waals surface area (Å²) >= 11 is 12.1. The van der Waals surface area contributed by atoms with Crippen LogP contribution >= 0.6 is 23.2 Å². The van der Waals surface area contributed by atoms with Crippen LogP contribution in [-0.4, -0.2) is 21.7 Å². The molecule has 1 aromatic heterocycles. The molecule has 1 aromatic carbocycles. The topological polar surface area (TPSA) is 59.0 Å². The van der Waals surface area contributed by atoms with Gasteiger partial charge in [0, 0.05) is 28.2 Å². The van der Waals surface area contributed by atoms with Crippen LogP contribution in [0.5, 0.6) is 0 Å². The van der Waals surface area contributed by atoms with Gasteiger partial charge in [-0.3, -0.25) is 10.1 Å². The molecule has 0 bridgehead atoms. The van der Waals surface area contributed by atoms with Crippen molar-refractivity contribution in [3.8, 4) is 0 Å². The summed E-state index contributed by atoms with van der Waals surface area (Å²) in [6, 6.07) is 6.80. The van der Waals surface area contributed by atoms with Crippen LogP contribution in [0.1, 0.15) is 45.3 Å². The second kappa shape index (κ2) is 8.01. The van der Waals surface area contributed by atoms with Crippen molar-refractivity contribution >= 4 is 34.9 Å². The number of halogens is 2. The van der Waals surface area contributed by atoms with Gasteiger partial charge in [0.1, 0.15) is 5.82 Å². The Morgan fingerprint density at radius 3 is 2.50 bits per heavy atom. The van der Waals surface area contributed by atoms with Crippen LogP contribution in [0.3, 0.4) is 0 Å². The van der Waals surface area contributed by atoms with Crippen molar-refractivity contribution < 1.29 is 4.79 Å². The minimum absolute atomic E-state index is 0.0921. The van der Waals surface area contributed by atoms with Crippen LogP contribution in [0.4, 0.5) is 5.82 Å². The number of carbonyl (C=O) groups excluding carboxylic acids is 1. The zero-order valence-corrected chi connectivity index (χ0v) is 15.7. The molecular weight excluding hydrogens is 347 g/mol. The van der Waals surface area contributed by atoms with Crippen LogP contribution in [0.25, 0.3) is 0 Å². The first-order valence-electron chi connectivity index (χ1n) is 7.85. The maximum absolute atomic E-state index is 12.4. The van der Waals surface area contributed by atoms with Gasteiger partial charge >= 0.3 is 0 Å². The van der Waals surface area contributed by atoms with Gasteiger partial charge in [-0.2, -0.15) is 5.10 Å². The van der Waals surface area contributed by atoms with Crippen molar-refractivity contribution in [1.29, 1.82) is 0 Å². The molecule has 0 fully saturated rings. The number of anilines is 1. The summed E-state index contributed by atoms with van der Waals surface area (Å²) in [5, 5.41) is 11.5. The van der Waals surface area contributed by atoms with Gasteiger partial charge < -0.3 is 5.32 Å². The monoisotopic (exact) mass is 368 g/mol. The third-order valence-electron chi connectivity index (χ3n) is 3.73. The van der Waals surface area contributed by atoms with Gasteiger partial charge in [0.25, 0.3) is 0 Å². The molecule has 0 spiro atoms. The first-order chi connectivity index (χ1) is 11.3. The van der Waals surface area contributed by atoms with E-state index in [0.717, 1.165) is 5.56 Å². The van der Waals surface area contributed by atoms with Gasteiger partial charge in [0.15, 0.2) is 0 Å². The normalized spacial score (nSPS) is 13.8. The van der Waals surface area contributed by atoms with E-state index in [9.17, 15) is 4.79 Å². The van der Waals surface area contributed by atoms with Crippen molar-refractivity contribution in [1.82, 2.24) is 15.1 Å². The van der Waals surface area contributed by atoms with Crippen molar-refractivity contribution in [2.75, 3.05) is 5.32 Å². The van der Waals surface area contributed by atoms with Crippen molar-refractivity contribution in [3.05, 3.63) is 46.1 Å². The molecule has 2 aromatic rings. The Balaban J connectivity index is 2.01. The highest BCUT2D eigenvalue weighted by molar-refractivity contribution is 6.35. The summed E-state index contributed by atoms with van der Waals surface area (Å²) in [5.41, 5.74) is 0.896. The quantitative estimate of drug-likeness (QED) is 0.791. The van der Waals surface area contributed by atoms with Crippen molar-refractivity contribution in [2.24, 2.45) is 0 Å². The van der Waals surface area contributed by atoms with Crippen LogP contribution in [0, 0.1) is 0 Å². The molecule has 0 aliphatic carbocycles. The van der Waals surface area contributed by atoms with E-state index in [-0.39, 0.29) is 18.0 Å². The highest BCUT2D eigenvalue weighted by Gasteiger charge is 2.19. The second-order valence-corrected chi connectivity index (χ2v) is 6.86. The molecule has 0 saturated carbocycles. The summed E-state index contributed by atoms with van der Waals surface area (Å²) in [6.45, 7) is 7.78. The lowest BCUT2D eigenvalue weighted by atomic mass is 10.1. The Morgan fingerprint density at radius 1 is 1.17 bits per heavy atom. The smallest absolute Gasteiger partial charge is 0.242 e. The largest absolute Gasteiger partial charge is 0.310 e. The standard InChI is InChI=1S/C17H22Cl2N4O/c1-10(2)23-16(7-8-20-23)22-17(24)12(4)21-11(3)14-6-5-13(18)9-15(14)19/h5-12,21H,1-4H3,(H,22,24)/t11-,12-/m1/s1. The molecule has 2 atom stereocenters. The van der Waals surface area contributed by atoms with Crippen LogP contribution < -0.4 is 10.6 Å². The maximum atomic E-state index is 12.4. The van der Waals surface area contributed by atoms with Crippen LogP contribution in [0.15, 0.2) is 30.5 Å². The molecule has 5 nitrogen and oxygen atoms in total. The lowest BCUT2D eigenvalue weighted by molar-refractivity contribution is -0.118. The van der Waals surface area contributed by atoms with Gasteiger partial charge in [-0.05, 0) is 45.4 Å². The van der Waals surface area contributed by atoms with E-state index in [0.29, 0.717) is 15.9 Å². The van der Waals surface area contributed by atoms with E-state index >= 15 is 0 Å². The molecule has 1 heterocycles. The third-order valence-corrected chi connectivity index (χ3v) is 4.30. The molecule has 0 aliphatic heterocycles. The molecular formula is C17H22Cl2N4O. The number of nitrogens with one attached hydrogen (secondary N) is 2. The lowest BCUT2D eigenvalue weighted by Crippen LogP contribution is -2.39. The second-order valence-electron chi connectivity index (χ2n) is 6.02. The number of carbonyl (C=O) groups is 1. The van der Waals surface area contributed by atoms with Gasteiger partial charge in [-0.25, -0.2) is 4.68 Å². The molecule has 130 valence electrons. The highest BCUT2D eigenvalue weighted by Crippen LogP contribution is 2.26. The molecule has 0 radical (unpaired) electrons. The first-order valence-corrected chi connectivity index (χ1v) is 8.60. The summed E-state index contributed by atoms with van der Waals surface area (Å²) in [7, 11) is 0. The average Bonchev–Trinajstić information content (AvgIpc) is 2.95. The van der Waals surface area contributed by atoms with Crippen molar-refractivity contribution in [3.63, 3.8) is 0 Å². The van der Waals surface area contributed by atoms with E-state index in [4.69, 9.17) is 23.2 Å². The fourth-order valence-corrected chi connectivity index (χ4v) is 3.02. The highest BCUT2D eigenvalue weighted by atomic mass is 35.5. The summed E-state index contributed by atoms with van der Waals surface area (Å²) < 4.78 is 1.77. The molecule has 0 unspecified atom stereocenters. The summed E-state index contributed by atoms with van der Waals surface area (Å²) in [4.78, 5) is 12.4.